The molecule has 7 atom stereocenters. The van der Waals surface area contributed by atoms with E-state index < -0.39 is 0 Å². The van der Waals surface area contributed by atoms with Crippen molar-refractivity contribution in [2.24, 2.45) is 40.4 Å². The average Bonchev–Trinajstić information content (AvgIpc) is 3.03. The van der Waals surface area contributed by atoms with Gasteiger partial charge in [-0.25, -0.2) is 0 Å². The summed E-state index contributed by atoms with van der Waals surface area (Å²) < 4.78 is 0. The third kappa shape index (κ3) is 3.33. The van der Waals surface area contributed by atoms with E-state index in [1.165, 1.54) is 44.1 Å². The van der Waals surface area contributed by atoms with Crippen molar-refractivity contribution in [3.8, 4) is 0 Å². The van der Waals surface area contributed by atoms with Crippen LogP contribution in [-0.2, 0) is 4.79 Å². The zero-order valence-corrected chi connectivity index (χ0v) is 18.9. The first-order chi connectivity index (χ1) is 13.7. The summed E-state index contributed by atoms with van der Waals surface area (Å²) in [6.45, 7) is 19.7. The lowest BCUT2D eigenvalue weighted by atomic mass is 9.44. The third-order valence-corrected chi connectivity index (χ3v) is 9.98. The Morgan fingerprint density at radius 1 is 0.931 bits per heavy atom. The first kappa shape index (κ1) is 20.9. The Morgan fingerprint density at radius 3 is 2.38 bits per heavy atom. The number of hydrogen-bond donors (Lipinski definition) is 0. The fourth-order valence-electron chi connectivity index (χ4n) is 8.12. The van der Waals surface area contributed by atoms with Gasteiger partial charge < -0.3 is 0 Å². The van der Waals surface area contributed by atoms with Crippen molar-refractivity contribution in [2.45, 2.75) is 78.6 Å². The Balaban J connectivity index is 1.53. The maximum absolute atomic E-state index is 12.1. The lowest BCUT2D eigenvalue weighted by Gasteiger charge is -2.60. The van der Waals surface area contributed by atoms with Gasteiger partial charge in [-0.1, -0.05) is 56.9 Å². The summed E-state index contributed by atoms with van der Waals surface area (Å²) in [5.74, 6) is 4.29. The fraction of sp³-hybridized carbons (Fsp3) is 0.679. The summed E-state index contributed by atoms with van der Waals surface area (Å²) >= 11 is 0. The molecule has 4 fully saturated rings. The van der Waals surface area contributed by atoms with Gasteiger partial charge in [0.2, 0.25) is 0 Å². The van der Waals surface area contributed by atoms with E-state index in [9.17, 15) is 4.79 Å². The monoisotopic (exact) mass is 392 g/mol. The molecular formula is C28H40O. The molecule has 0 aromatic heterocycles. The summed E-state index contributed by atoms with van der Waals surface area (Å²) in [7, 11) is 0. The van der Waals surface area contributed by atoms with Crippen LogP contribution in [0.3, 0.4) is 0 Å². The maximum atomic E-state index is 12.1. The molecule has 0 aromatic carbocycles. The Labute approximate surface area is 178 Å². The first-order valence-corrected chi connectivity index (χ1v) is 11.9. The lowest BCUT2D eigenvalue weighted by Crippen LogP contribution is -2.53. The molecule has 4 rings (SSSR count). The van der Waals surface area contributed by atoms with Crippen LogP contribution in [0.4, 0.5) is 0 Å². The van der Waals surface area contributed by atoms with Crippen LogP contribution in [0, 0.1) is 40.4 Å². The highest BCUT2D eigenvalue weighted by atomic mass is 16.1. The van der Waals surface area contributed by atoms with Gasteiger partial charge in [0, 0.05) is 12.8 Å². The number of Topliss-reactive ketones (excluding diaryl/α,β-unsaturated/α-hetero) is 1. The minimum Gasteiger partial charge on any atom is -0.300 e. The van der Waals surface area contributed by atoms with Crippen molar-refractivity contribution in [1.82, 2.24) is 0 Å². The highest BCUT2D eigenvalue weighted by Crippen LogP contribution is 2.68. The zero-order chi connectivity index (χ0) is 21.0. The van der Waals surface area contributed by atoms with Crippen LogP contribution < -0.4 is 0 Å². The number of rotatable bonds is 4. The lowest BCUT2D eigenvalue weighted by molar-refractivity contribution is -0.138. The minimum atomic E-state index is 0.390. The van der Waals surface area contributed by atoms with Gasteiger partial charge >= 0.3 is 0 Å². The Bertz CT molecular complexity index is 769. The van der Waals surface area contributed by atoms with E-state index in [4.69, 9.17) is 0 Å². The Kier molecular flexibility index (Phi) is 5.33. The molecule has 1 heteroatoms. The predicted molar refractivity (Wildman–Crippen MR) is 122 cm³/mol. The molecule has 0 N–H and O–H groups in total. The van der Waals surface area contributed by atoms with E-state index in [2.05, 4.69) is 45.7 Å². The largest absolute Gasteiger partial charge is 0.300 e. The van der Waals surface area contributed by atoms with Gasteiger partial charge in [0.25, 0.3) is 0 Å². The molecule has 4 aliphatic rings. The highest BCUT2D eigenvalue weighted by molar-refractivity contribution is 5.79. The van der Waals surface area contributed by atoms with Crippen LogP contribution >= 0.6 is 0 Å². The molecule has 0 heterocycles. The van der Waals surface area contributed by atoms with Crippen LogP contribution in [0.15, 0.2) is 48.6 Å². The second-order valence-electron chi connectivity index (χ2n) is 11.3. The van der Waals surface area contributed by atoms with Gasteiger partial charge in [0.1, 0.15) is 5.78 Å². The molecule has 158 valence electrons. The van der Waals surface area contributed by atoms with E-state index in [1.54, 1.807) is 0 Å². The molecule has 0 bridgehead atoms. The summed E-state index contributed by atoms with van der Waals surface area (Å²) in [5, 5.41) is 0. The second kappa shape index (κ2) is 7.40. The molecule has 0 amide bonds. The number of fused-ring (bicyclic) bond motifs is 5. The van der Waals surface area contributed by atoms with Crippen molar-refractivity contribution in [1.29, 1.82) is 0 Å². The molecule has 0 radical (unpaired) electrons. The van der Waals surface area contributed by atoms with Crippen LogP contribution in [0.2, 0.25) is 0 Å². The molecule has 0 spiro atoms. The summed E-state index contributed by atoms with van der Waals surface area (Å²) in [4.78, 5) is 12.1. The molecular weight excluding hydrogens is 352 g/mol. The van der Waals surface area contributed by atoms with Crippen molar-refractivity contribution < 1.29 is 4.79 Å². The zero-order valence-electron chi connectivity index (χ0n) is 18.9. The van der Waals surface area contributed by atoms with Crippen LogP contribution in [0.5, 0.6) is 0 Å². The maximum Gasteiger partial charge on any atom is 0.133 e. The van der Waals surface area contributed by atoms with E-state index in [0.717, 1.165) is 48.2 Å². The molecule has 0 saturated heterocycles. The second-order valence-corrected chi connectivity index (χ2v) is 11.3. The summed E-state index contributed by atoms with van der Waals surface area (Å²) in [6.07, 6.45) is 15.1. The topological polar surface area (TPSA) is 17.1 Å². The quantitative estimate of drug-likeness (QED) is 0.454. The molecule has 4 saturated carbocycles. The Morgan fingerprint density at radius 2 is 1.66 bits per heavy atom. The van der Waals surface area contributed by atoms with E-state index >= 15 is 0 Å². The van der Waals surface area contributed by atoms with Gasteiger partial charge in [-0.2, -0.15) is 0 Å². The molecule has 29 heavy (non-hydrogen) atoms. The van der Waals surface area contributed by atoms with Crippen LogP contribution in [-0.4, -0.2) is 5.78 Å². The standard InChI is InChI=1S/C28H40O/c1-18(2)19(3)7-8-20(4)24-11-12-25-23-10-9-21-17-22(29)13-15-27(21,5)26(23)14-16-28(24,25)6/h7-8,21,23-26H,1,3-4,9-17H2,2,5-6H3/t21?,23-,24+,25-,26-,27-,28+/m0/s1. The number of ketones is 1. The van der Waals surface area contributed by atoms with Crippen molar-refractivity contribution in [3.05, 3.63) is 48.6 Å². The number of carbonyl (C=O) groups excluding carboxylic acids is 1. The molecule has 1 nitrogen and oxygen atoms in total. The Hall–Kier alpha value is -1.37. The molecule has 0 aromatic rings. The number of allylic oxidation sites excluding steroid dienone is 5. The SMILES string of the molecule is C=C(C)C(=C)C=CC(=C)[C@H]1CC[C@H]2[C@@H]3CCC4CC(=O)CC[C@]4(C)[C@H]3CC[C@]12C. The van der Waals surface area contributed by atoms with Gasteiger partial charge in [-0.3, -0.25) is 4.79 Å². The molecule has 1 unspecified atom stereocenters. The van der Waals surface area contributed by atoms with Crippen molar-refractivity contribution >= 4 is 5.78 Å². The van der Waals surface area contributed by atoms with E-state index in [-0.39, 0.29) is 0 Å². The molecule has 4 aliphatic carbocycles. The predicted octanol–water partition coefficient (Wildman–Crippen LogP) is 7.46. The number of carbonyl (C=O) groups is 1. The number of hydrogen-bond acceptors (Lipinski definition) is 1. The smallest absolute Gasteiger partial charge is 0.133 e. The fourth-order valence-corrected chi connectivity index (χ4v) is 8.12. The average molecular weight is 393 g/mol. The van der Waals surface area contributed by atoms with E-state index in [1.807, 2.05) is 6.92 Å². The highest BCUT2D eigenvalue weighted by Gasteiger charge is 2.60. The van der Waals surface area contributed by atoms with Gasteiger partial charge in [0.05, 0.1) is 0 Å². The minimum absolute atomic E-state index is 0.390. The van der Waals surface area contributed by atoms with Crippen molar-refractivity contribution in [3.63, 3.8) is 0 Å². The van der Waals surface area contributed by atoms with E-state index in [0.29, 0.717) is 28.4 Å². The molecule has 0 aliphatic heterocycles. The third-order valence-electron chi connectivity index (χ3n) is 9.98. The van der Waals surface area contributed by atoms with Gasteiger partial charge in [-0.15, -0.1) is 0 Å². The summed E-state index contributed by atoms with van der Waals surface area (Å²) in [6, 6.07) is 0. The van der Waals surface area contributed by atoms with Crippen LogP contribution in [0.1, 0.15) is 78.6 Å². The normalized spacial score (nSPS) is 44.1. The van der Waals surface area contributed by atoms with Crippen LogP contribution in [0.25, 0.3) is 0 Å². The van der Waals surface area contributed by atoms with Gasteiger partial charge in [-0.05, 0) is 97.9 Å². The first-order valence-electron chi connectivity index (χ1n) is 11.9. The van der Waals surface area contributed by atoms with Crippen molar-refractivity contribution in [2.75, 3.05) is 0 Å². The van der Waals surface area contributed by atoms with Gasteiger partial charge in [0.15, 0.2) is 0 Å². The summed E-state index contributed by atoms with van der Waals surface area (Å²) in [5.41, 5.74) is 4.13.